The summed E-state index contributed by atoms with van der Waals surface area (Å²) in [6, 6.07) is 20.6. The Morgan fingerprint density at radius 2 is 1.86 bits per heavy atom. The Kier molecular flexibility index (Phi) is 4.76. The van der Waals surface area contributed by atoms with Gasteiger partial charge in [-0.25, -0.2) is 9.37 Å². The number of hydrogen-bond acceptors (Lipinski definition) is 4. The Morgan fingerprint density at radius 1 is 1.07 bits per heavy atom. The highest BCUT2D eigenvalue weighted by molar-refractivity contribution is 5.94. The third-order valence-corrected chi connectivity index (χ3v) is 4.18. The molecule has 0 saturated heterocycles. The van der Waals surface area contributed by atoms with Gasteiger partial charge in [-0.1, -0.05) is 30.3 Å². The Balaban J connectivity index is 1.50. The van der Waals surface area contributed by atoms with Gasteiger partial charge in [0.1, 0.15) is 5.52 Å². The second-order valence-corrected chi connectivity index (χ2v) is 6.25. The van der Waals surface area contributed by atoms with Crippen LogP contribution in [-0.2, 0) is 4.79 Å². The maximum Gasteiger partial charge on any atom is 0.265 e. The molecular weight excluding hydrogens is 359 g/mol. The first-order valence-corrected chi connectivity index (χ1v) is 8.78. The first-order valence-electron chi connectivity index (χ1n) is 8.78. The first-order chi connectivity index (χ1) is 13.6. The lowest BCUT2D eigenvalue weighted by atomic mass is 10.2. The zero-order chi connectivity index (χ0) is 19.5. The SMILES string of the molecule is C[C@H](Oc1ccccc1F)C(=O)Nc1cccc(-c2nc3ccccc3o2)c1. The largest absolute Gasteiger partial charge is 0.478 e. The number of nitrogens with zero attached hydrogens (tertiary/aromatic N) is 1. The van der Waals surface area contributed by atoms with Crippen molar-refractivity contribution in [1.29, 1.82) is 0 Å². The van der Waals surface area contributed by atoms with Crippen molar-refractivity contribution in [2.24, 2.45) is 0 Å². The summed E-state index contributed by atoms with van der Waals surface area (Å²) in [5.41, 5.74) is 2.75. The lowest BCUT2D eigenvalue weighted by Crippen LogP contribution is -2.30. The minimum atomic E-state index is -0.870. The number of oxazole rings is 1. The van der Waals surface area contributed by atoms with Crippen LogP contribution < -0.4 is 10.1 Å². The van der Waals surface area contributed by atoms with E-state index >= 15 is 0 Å². The predicted octanol–water partition coefficient (Wildman–Crippen LogP) is 5.04. The van der Waals surface area contributed by atoms with Gasteiger partial charge in [-0.15, -0.1) is 0 Å². The number of amides is 1. The van der Waals surface area contributed by atoms with Gasteiger partial charge in [0.25, 0.3) is 5.91 Å². The average molecular weight is 376 g/mol. The van der Waals surface area contributed by atoms with Crippen LogP contribution in [0, 0.1) is 5.82 Å². The number of benzene rings is 3. The summed E-state index contributed by atoms with van der Waals surface area (Å²) < 4.78 is 24.9. The molecule has 1 aromatic heterocycles. The maximum atomic E-state index is 13.7. The first kappa shape index (κ1) is 17.7. The van der Waals surface area contributed by atoms with Crippen LogP contribution in [0.15, 0.2) is 77.2 Å². The summed E-state index contributed by atoms with van der Waals surface area (Å²) in [7, 11) is 0. The van der Waals surface area contributed by atoms with Gasteiger partial charge in [0.2, 0.25) is 5.89 Å². The van der Waals surface area contributed by atoms with E-state index in [0.29, 0.717) is 17.2 Å². The molecule has 0 bridgehead atoms. The van der Waals surface area contributed by atoms with E-state index in [1.165, 1.54) is 12.1 Å². The van der Waals surface area contributed by atoms with Crippen LogP contribution in [0.2, 0.25) is 0 Å². The van der Waals surface area contributed by atoms with Gasteiger partial charge in [0.15, 0.2) is 23.3 Å². The number of ether oxygens (including phenoxy) is 1. The number of hydrogen-bond donors (Lipinski definition) is 1. The van der Waals surface area contributed by atoms with Gasteiger partial charge in [-0.05, 0) is 49.4 Å². The van der Waals surface area contributed by atoms with Gasteiger partial charge in [0.05, 0.1) is 0 Å². The average Bonchev–Trinajstić information content (AvgIpc) is 3.14. The minimum Gasteiger partial charge on any atom is -0.478 e. The minimum absolute atomic E-state index is 0.0328. The van der Waals surface area contributed by atoms with Crippen LogP contribution in [-0.4, -0.2) is 17.0 Å². The fourth-order valence-corrected chi connectivity index (χ4v) is 2.75. The topological polar surface area (TPSA) is 64.4 Å². The molecule has 140 valence electrons. The molecule has 4 aromatic rings. The van der Waals surface area contributed by atoms with E-state index in [1.54, 1.807) is 37.3 Å². The van der Waals surface area contributed by atoms with Crippen molar-refractivity contribution in [2.45, 2.75) is 13.0 Å². The summed E-state index contributed by atoms with van der Waals surface area (Å²) in [5.74, 6) is -0.406. The Hall–Kier alpha value is -3.67. The second-order valence-electron chi connectivity index (χ2n) is 6.25. The number of aromatic nitrogens is 1. The van der Waals surface area contributed by atoms with E-state index in [1.807, 2.05) is 30.3 Å². The number of nitrogens with one attached hydrogen (secondary N) is 1. The van der Waals surface area contributed by atoms with Crippen molar-refractivity contribution >= 4 is 22.7 Å². The van der Waals surface area contributed by atoms with Crippen LogP contribution in [0.3, 0.4) is 0 Å². The van der Waals surface area contributed by atoms with Gasteiger partial charge < -0.3 is 14.5 Å². The van der Waals surface area contributed by atoms with Crippen molar-refractivity contribution in [1.82, 2.24) is 4.98 Å². The molecule has 0 aliphatic heterocycles. The van der Waals surface area contributed by atoms with Crippen molar-refractivity contribution in [3.8, 4) is 17.2 Å². The molecule has 1 amide bonds. The third kappa shape index (κ3) is 3.71. The maximum absolute atomic E-state index is 13.7. The summed E-state index contributed by atoms with van der Waals surface area (Å²) in [5, 5.41) is 2.77. The Morgan fingerprint density at radius 3 is 2.68 bits per heavy atom. The normalized spacial score (nSPS) is 11.9. The van der Waals surface area contributed by atoms with Crippen LogP contribution in [0.5, 0.6) is 5.75 Å². The molecule has 1 heterocycles. The number of carbonyl (C=O) groups is 1. The number of carbonyl (C=O) groups excluding carboxylic acids is 1. The molecule has 6 heteroatoms. The summed E-state index contributed by atoms with van der Waals surface area (Å²) in [6.45, 7) is 1.56. The highest BCUT2D eigenvalue weighted by Gasteiger charge is 2.17. The highest BCUT2D eigenvalue weighted by atomic mass is 19.1. The lowest BCUT2D eigenvalue weighted by molar-refractivity contribution is -0.122. The molecule has 28 heavy (non-hydrogen) atoms. The predicted molar refractivity (Wildman–Crippen MR) is 105 cm³/mol. The molecule has 0 aliphatic carbocycles. The van der Waals surface area contributed by atoms with E-state index in [-0.39, 0.29) is 5.75 Å². The van der Waals surface area contributed by atoms with E-state index in [9.17, 15) is 9.18 Å². The molecule has 0 saturated carbocycles. The quantitative estimate of drug-likeness (QED) is 0.530. The number of fused-ring (bicyclic) bond motifs is 1. The van der Waals surface area contributed by atoms with Crippen molar-refractivity contribution in [3.05, 3.63) is 78.6 Å². The molecule has 3 aromatic carbocycles. The van der Waals surface area contributed by atoms with Crippen molar-refractivity contribution in [3.63, 3.8) is 0 Å². The Bertz CT molecular complexity index is 1110. The van der Waals surface area contributed by atoms with Crippen LogP contribution >= 0.6 is 0 Å². The molecule has 1 N–H and O–H groups in total. The van der Waals surface area contributed by atoms with Crippen LogP contribution in [0.4, 0.5) is 10.1 Å². The molecule has 0 radical (unpaired) electrons. The molecule has 0 aliphatic rings. The monoisotopic (exact) mass is 376 g/mol. The zero-order valence-corrected chi connectivity index (χ0v) is 15.1. The van der Waals surface area contributed by atoms with Crippen LogP contribution in [0.1, 0.15) is 6.92 Å². The van der Waals surface area contributed by atoms with Gasteiger partial charge in [-0.3, -0.25) is 4.79 Å². The van der Waals surface area contributed by atoms with Crippen molar-refractivity contribution < 1.29 is 18.3 Å². The number of para-hydroxylation sites is 3. The number of halogens is 1. The Labute approximate surface area is 160 Å². The molecular formula is C22H17FN2O3. The van der Waals surface area contributed by atoms with Gasteiger partial charge in [-0.2, -0.15) is 0 Å². The van der Waals surface area contributed by atoms with E-state index in [0.717, 1.165) is 11.1 Å². The fourth-order valence-electron chi connectivity index (χ4n) is 2.75. The molecule has 1 atom stereocenters. The molecule has 0 fully saturated rings. The zero-order valence-electron chi connectivity index (χ0n) is 15.1. The molecule has 5 nitrogen and oxygen atoms in total. The summed E-state index contributed by atoms with van der Waals surface area (Å²) in [6.07, 6.45) is -0.870. The van der Waals surface area contributed by atoms with E-state index < -0.39 is 17.8 Å². The van der Waals surface area contributed by atoms with E-state index in [2.05, 4.69) is 10.3 Å². The second kappa shape index (κ2) is 7.52. The molecule has 0 spiro atoms. The van der Waals surface area contributed by atoms with E-state index in [4.69, 9.17) is 9.15 Å². The highest BCUT2D eigenvalue weighted by Crippen LogP contribution is 2.26. The third-order valence-electron chi connectivity index (χ3n) is 4.18. The lowest BCUT2D eigenvalue weighted by Gasteiger charge is -2.15. The van der Waals surface area contributed by atoms with Gasteiger partial charge >= 0.3 is 0 Å². The summed E-state index contributed by atoms with van der Waals surface area (Å²) >= 11 is 0. The molecule has 0 unspecified atom stereocenters. The standard InChI is InChI=1S/C22H17FN2O3/c1-14(27-19-11-4-2-9-17(19)23)21(26)24-16-8-6-7-15(13-16)22-25-18-10-3-5-12-20(18)28-22/h2-14H,1H3,(H,24,26)/t14-/m0/s1. The van der Waals surface area contributed by atoms with Gasteiger partial charge in [0, 0.05) is 11.3 Å². The van der Waals surface area contributed by atoms with Crippen LogP contribution in [0.25, 0.3) is 22.6 Å². The smallest absolute Gasteiger partial charge is 0.265 e. The number of anilines is 1. The number of rotatable bonds is 5. The fraction of sp³-hybridized carbons (Fsp3) is 0.0909. The van der Waals surface area contributed by atoms with Crippen molar-refractivity contribution in [2.75, 3.05) is 5.32 Å². The molecule has 4 rings (SSSR count). The summed E-state index contributed by atoms with van der Waals surface area (Å²) in [4.78, 5) is 16.9.